The lowest BCUT2D eigenvalue weighted by molar-refractivity contribution is -0.127. The third kappa shape index (κ3) is 4.89. The van der Waals surface area contributed by atoms with Gasteiger partial charge in [0.1, 0.15) is 18.1 Å². The number of rotatable bonds is 7. The Morgan fingerprint density at radius 3 is 2.71 bits per heavy atom. The molecule has 5 heteroatoms. The maximum absolute atomic E-state index is 12.3. The normalized spacial score (nSPS) is 11.7. The summed E-state index contributed by atoms with van der Waals surface area (Å²) in [6.45, 7) is 1.83. The number of ether oxygens (including phenoxy) is 2. The highest BCUT2D eigenvalue weighted by atomic mass is 16.5. The molecule has 0 heterocycles. The number of benzene rings is 3. The van der Waals surface area contributed by atoms with E-state index >= 15 is 0 Å². The Morgan fingerprint density at radius 2 is 1.89 bits per heavy atom. The lowest BCUT2D eigenvalue weighted by Crippen LogP contribution is -2.33. The third-order valence-electron chi connectivity index (χ3n) is 4.01. The predicted molar refractivity (Wildman–Crippen MR) is 111 cm³/mol. The summed E-state index contributed by atoms with van der Waals surface area (Å²) in [6.07, 6.45) is 6.02. The van der Waals surface area contributed by atoms with Gasteiger partial charge >= 0.3 is 0 Å². The summed E-state index contributed by atoms with van der Waals surface area (Å²) in [6, 6.07) is 20.9. The zero-order valence-electron chi connectivity index (χ0n) is 15.5. The molecule has 0 radical (unpaired) electrons. The van der Waals surface area contributed by atoms with Crippen LogP contribution in [0.4, 0.5) is 0 Å². The molecular weight excluding hydrogens is 352 g/mol. The molecule has 140 valence electrons. The minimum absolute atomic E-state index is 0.161. The standard InChI is InChI=1S/C23H20N2O3/c1-3-14-27-22-11-7-6-10-20(22)16-24-25-23(26)17(2)28-21-13-12-18-8-4-5-9-19(18)15-21/h1,4-13,15-17H,14H2,2H3,(H,25,26)/b24-16-/t17-/m0/s1. The lowest BCUT2D eigenvalue weighted by atomic mass is 10.1. The van der Waals surface area contributed by atoms with Crippen LogP contribution < -0.4 is 14.9 Å². The van der Waals surface area contributed by atoms with Gasteiger partial charge in [-0.05, 0) is 42.0 Å². The van der Waals surface area contributed by atoms with Crippen molar-refractivity contribution >= 4 is 22.9 Å². The van der Waals surface area contributed by atoms with E-state index in [0.29, 0.717) is 17.1 Å². The van der Waals surface area contributed by atoms with Crippen LogP contribution in [-0.2, 0) is 4.79 Å². The molecule has 0 aromatic heterocycles. The van der Waals surface area contributed by atoms with E-state index in [9.17, 15) is 4.79 Å². The molecule has 1 N–H and O–H groups in total. The van der Waals surface area contributed by atoms with Gasteiger partial charge in [0.25, 0.3) is 5.91 Å². The second-order valence-electron chi connectivity index (χ2n) is 6.03. The summed E-state index contributed by atoms with van der Waals surface area (Å²) in [4.78, 5) is 12.3. The van der Waals surface area contributed by atoms with Crippen LogP contribution in [0.1, 0.15) is 12.5 Å². The number of amides is 1. The Kier molecular flexibility index (Phi) is 6.27. The Hall–Kier alpha value is -3.78. The van der Waals surface area contributed by atoms with Crippen molar-refractivity contribution in [2.24, 2.45) is 5.10 Å². The summed E-state index contributed by atoms with van der Waals surface area (Å²) >= 11 is 0. The maximum atomic E-state index is 12.3. The molecule has 0 spiro atoms. The summed E-state index contributed by atoms with van der Waals surface area (Å²) < 4.78 is 11.2. The Labute approximate surface area is 164 Å². The fraction of sp³-hybridized carbons (Fsp3) is 0.130. The van der Waals surface area contributed by atoms with Crippen molar-refractivity contribution in [2.45, 2.75) is 13.0 Å². The SMILES string of the molecule is C#CCOc1ccccc1/C=N\NC(=O)[C@H](C)Oc1ccc2ccccc2c1. The van der Waals surface area contributed by atoms with Gasteiger partial charge in [-0.15, -0.1) is 6.42 Å². The van der Waals surface area contributed by atoms with Crippen molar-refractivity contribution in [3.63, 3.8) is 0 Å². The zero-order chi connectivity index (χ0) is 19.8. The smallest absolute Gasteiger partial charge is 0.280 e. The van der Waals surface area contributed by atoms with E-state index in [1.54, 1.807) is 13.0 Å². The van der Waals surface area contributed by atoms with E-state index < -0.39 is 6.10 Å². The molecule has 0 aliphatic carbocycles. The van der Waals surface area contributed by atoms with Gasteiger partial charge in [0.05, 0.1) is 6.21 Å². The average Bonchev–Trinajstić information content (AvgIpc) is 2.72. The first-order valence-corrected chi connectivity index (χ1v) is 8.81. The van der Waals surface area contributed by atoms with Crippen LogP contribution in [0.25, 0.3) is 10.8 Å². The van der Waals surface area contributed by atoms with Gasteiger partial charge in [-0.1, -0.05) is 48.4 Å². The first kappa shape index (κ1) is 19.0. The van der Waals surface area contributed by atoms with Crippen LogP contribution in [0, 0.1) is 12.3 Å². The van der Waals surface area contributed by atoms with E-state index in [1.807, 2.05) is 60.7 Å². The molecule has 0 aliphatic heterocycles. The number of nitrogens with one attached hydrogen (secondary N) is 1. The first-order chi connectivity index (χ1) is 13.7. The van der Waals surface area contributed by atoms with Gasteiger partial charge in [-0.3, -0.25) is 4.79 Å². The number of hydrogen-bond acceptors (Lipinski definition) is 4. The van der Waals surface area contributed by atoms with E-state index in [2.05, 4.69) is 16.4 Å². The first-order valence-electron chi connectivity index (χ1n) is 8.81. The molecule has 1 atom stereocenters. The van der Waals surface area contributed by atoms with Crippen LogP contribution in [-0.4, -0.2) is 24.8 Å². The van der Waals surface area contributed by atoms with Crippen molar-refractivity contribution in [3.8, 4) is 23.8 Å². The van der Waals surface area contributed by atoms with Crippen molar-refractivity contribution in [1.82, 2.24) is 5.43 Å². The molecule has 0 saturated carbocycles. The minimum Gasteiger partial charge on any atom is -0.481 e. The summed E-state index contributed by atoms with van der Waals surface area (Å²) in [5, 5.41) is 6.15. The molecule has 28 heavy (non-hydrogen) atoms. The van der Waals surface area contributed by atoms with E-state index in [1.165, 1.54) is 6.21 Å². The number of carbonyl (C=O) groups is 1. The van der Waals surface area contributed by atoms with Gasteiger partial charge in [0.2, 0.25) is 0 Å². The van der Waals surface area contributed by atoms with E-state index in [0.717, 1.165) is 10.8 Å². The topological polar surface area (TPSA) is 59.9 Å². The van der Waals surface area contributed by atoms with Crippen LogP contribution in [0.3, 0.4) is 0 Å². The molecule has 0 bridgehead atoms. The van der Waals surface area contributed by atoms with Gasteiger partial charge < -0.3 is 9.47 Å². The number of hydrogen-bond donors (Lipinski definition) is 1. The molecule has 5 nitrogen and oxygen atoms in total. The number of terminal acetylenes is 1. The quantitative estimate of drug-likeness (QED) is 0.390. The monoisotopic (exact) mass is 372 g/mol. The number of fused-ring (bicyclic) bond motifs is 1. The highest BCUT2D eigenvalue weighted by Crippen LogP contribution is 2.21. The number of carbonyl (C=O) groups excluding carboxylic acids is 1. The summed E-state index contributed by atoms with van der Waals surface area (Å²) in [5.41, 5.74) is 3.19. The molecule has 3 aromatic rings. The fourth-order valence-corrected chi connectivity index (χ4v) is 2.59. The largest absolute Gasteiger partial charge is 0.481 e. The molecule has 3 aromatic carbocycles. The van der Waals surface area contributed by atoms with Crippen molar-refractivity contribution in [3.05, 3.63) is 72.3 Å². The Balaban J connectivity index is 1.59. The Morgan fingerprint density at radius 1 is 1.14 bits per heavy atom. The Bertz CT molecular complexity index is 1040. The van der Waals surface area contributed by atoms with Crippen molar-refractivity contribution in [2.75, 3.05) is 6.61 Å². The maximum Gasteiger partial charge on any atom is 0.280 e. The van der Waals surface area contributed by atoms with Gasteiger partial charge in [-0.25, -0.2) is 5.43 Å². The number of nitrogens with zero attached hydrogens (tertiary/aromatic N) is 1. The van der Waals surface area contributed by atoms with Crippen LogP contribution in [0.15, 0.2) is 71.8 Å². The van der Waals surface area contributed by atoms with Gasteiger partial charge in [0.15, 0.2) is 6.10 Å². The lowest BCUT2D eigenvalue weighted by Gasteiger charge is -2.13. The molecular formula is C23H20N2O3. The summed E-state index contributed by atoms with van der Waals surface area (Å²) in [5.74, 6) is 3.28. The van der Waals surface area contributed by atoms with Gasteiger partial charge in [-0.2, -0.15) is 5.10 Å². The molecule has 0 unspecified atom stereocenters. The second-order valence-corrected chi connectivity index (χ2v) is 6.03. The van der Waals surface area contributed by atoms with E-state index in [4.69, 9.17) is 15.9 Å². The molecule has 3 rings (SSSR count). The van der Waals surface area contributed by atoms with Crippen molar-refractivity contribution < 1.29 is 14.3 Å². The van der Waals surface area contributed by atoms with Crippen LogP contribution in [0.5, 0.6) is 11.5 Å². The summed E-state index contributed by atoms with van der Waals surface area (Å²) in [7, 11) is 0. The number of hydrazone groups is 1. The fourth-order valence-electron chi connectivity index (χ4n) is 2.59. The highest BCUT2D eigenvalue weighted by molar-refractivity contribution is 5.87. The molecule has 0 fully saturated rings. The van der Waals surface area contributed by atoms with Crippen molar-refractivity contribution in [1.29, 1.82) is 0 Å². The highest BCUT2D eigenvalue weighted by Gasteiger charge is 2.14. The molecule has 0 aliphatic rings. The van der Waals surface area contributed by atoms with Crippen LogP contribution in [0.2, 0.25) is 0 Å². The van der Waals surface area contributed by atoms with Crippen LogP contribution >= 0.6 is 0 Å². The zero-order valence-corrected chi connectivity index (χ0v) is 15.5. The second kappa shape index (κ2) is 9.24. The average molecular weight is 372 g/mol. The molecule has 1 amide bonds. The molecule has 0 saturated heterocycles. The third-order valence-corrected chi connectivity index (χ3v) is 4.01. The minimum atomic E-state index is -0.703. The van der Waals surface area contributed by atoms with E-state index in [-0.39, 0.29) is 12.5 Å². The van der Waals surface area contributed by atoms with Gasteiger partial charge in [0, 0.05) is 5.56 Å². The number of para-hydroxylation sites is 1. The predicted octanol–water partition coefficient (Wildman–Crippen LogP) is 3.77.